The summed E-state index contributed by atoms with van der Waals surface area (Å²) in [6.45, 7) is 7.97. The van der Waals surface area contributed by atoms with Crippen LogP contribution in [-0.2, 0) is 0 Å². The van der Waals surface area contributed by atoms with Crippen molar-refractivity contribution >= 4 is 0 Å². The van der Waals surface area contributed by atoms with Gasteiger partial charge in [0.05, 0.1) is 0 Å². The van der Waals surface area contributed by atoms with Gasteiger partial charge in [0, 0.05) is 12.1 Å². The quantitative estimate of drug-likeness (QED) is 0.464. The molecule has 0 aromatic carbocycles. The van der Waals surface area contributed by atoms with Crippen LogP contribution in [0.3, 0.4) is 0 Å². The Balaban J connectivity index is 2.84. The first-order valence-electron chi connectivity index (χ1n) is 3.93. The Morgan fingerprint density at radius 3 is 2.50 bits per heavy atom. The molecule has 0 saturated carbocycles. The highest BCUT2D eigenvalue weighted by Gasteiger charge is 2.27. The first-order chi connectivity index (χ1) is 4.55. The van der Waals surface area contributed by atoms with Gasteiger partial charge < -0.3 is 0 Å². The van der Waals surface area contributed by atoms with E-state index in [0.717, 1.165) is 0 Å². The smallest absolute Gasteiger partial charge is 0.0358 e. The van der Waals surface area contributed by atoms with Crippen molar-refractivity contribution in [2.75, 3.05) is 13.6 Å². The Bertz CT molecular complexity index is 156. The topological polar surface area (TPSA) is 3.24 Å². The van der Waals surface area contributed by atoms with Crippen molar-refractivity contribution in [2.45, 2.75) is 32.7 Å². The fourth-order valence-electron chi connectivity index (χ4n) is 1.31. The van der Waals surface area contributed by atoms with Gasteiger partial charge in [-0.3, -0.25) is 4.90 Å². The van der Waals surface area contributed by atoms with Crippen LogP contribution in [0.4, 0.5) is 0 Å². The van der Waals surface area contributed by atoms with E-state index in [9.17, 15) is 0 Å². The van der Waals surface area contributed by atoms with Gasteiger partial charge in [-0.25, -0.2) is 0 Å². The van der Waals surface area contributed by atoms with Crippen molar-refractivity contribution in [3.8, 4) is 0 Å². The van der Waals surface area contributed by atoms with Crippen LogP contribution >= 0.6 is 0 Å². The van der Waals surface area contributed by atoms with E-state index in [1.54, 1.807) is 0 Å². The average molecular weight is 139 g/mol. The van der Waals surface area contributed by atoms with E-state index in [1.807, 2.05) is 0 Å². The van der Waals surface area contributed by atoms with Crippen molar-refractivity contribution in [1.29, 1.82) is 0 Å². The minimum Gasteiger partial charge on any atom is -0.297 e. The molecule has 1 aliphatic heterocycles. The van der Waals surface area contributed by atoms with E-state index in [0.29, 0.717) is 0 Å². The number of likely N-dealkylation sites (N-methyl/N-ethyl adjacent to an activating group) is 1. The normalized spacial score (nSPS) is 26.2. The highest BCUT2D eigenvalue weighted by atomic mass is 15.2. The molecule has 1 nitrogen and oxygen atoms in total. The molecule has 0 atom stereocenters. The SMILES string of the molecule is CC1=CCCN(C)C1(C)C. The molecule has 0 aromatic rings. The van der Waals surface area contributed by atoms with Crippen molar-refractivity contribution in [3.05, 3.63) is 11.6 Å². The molecule has 0 aromatic heterocycles. The maximum Gasteiger partial charge on any atom is 0.0358 e. The standard InChI is InChI=1S/C9H17N/c1-8-6-5-7-10(4)9(8,2)3/h6H,5,7H2,1-4H3. The summed E-state index contributed by atoms with van der Waals surface area (Å²) < 4.78 is 0. The molecule has 1 aliphatic rings. The van der Waals surface area contributed by atoms with Crippen LogP contribution in [0.5, 0.6) is 0 Å². The summed E-state index contributed by atoms with van der Waals surface area (Å²) in [6, 6.07) is 0. The molecule has 1 rings (SSSR count). The summed E-state index contributed by atoms with van der Waals surface area (Å²) in [5.41, 5.74) is 1.79. The van der Waals surface area contributed by atoms with Crippen LogP contribution in [0.1, 0.15) is 27.2 Å². The summed E-state index contributed by atoms with van der Waals surface area (Å²) >= 11 is 0. The molecular weight excluding hydrogens is 122 g/mol. The molecule has 0 spiro atoms. The second-order valence-corrected chi connectivity index (χ2v) is 3.66. The van der Waals surface area contributed by atoms with E-state index in [1.165, 1.54) is 18.5 Å². The molecule has 0 amide bonds. The molecular formula is C9H17N. The lowest BCUT2D eigenvalue weighted by Gasteiger charge is -2.39. The van der Waals surface area contributed by atoms with Gasteiger partial charge in [-0.1, -0.05) is 11.6 Å². The van der Waals surface area contributed by atoms with Crippen LogP contribution in [0.15, 0.2) is 11.6 Å². The summed E-state index contributed by atoms with van der Waals surface area (Å²) in [6.07, 6.45) is 3.56. The molecule has 58 valence electrons. The lowest BCUT2D eigenvalue weighted by molar-refractivity contribution is 0.183. The van der Waals surface area contributed by atoms with Crippen LogP contribution < -0.4 is 0 Å². The minimum atomic E-state index is 0.290. The summed E-state index contributed by atoms with van der Waals surface area (Å²) in [4.78, 5) is 2.41. The first-order valence-corrected chi connectivity index (χ1v) is 3.93. The van der Waals surface area contributed by atoms with E-state index in [4.69, 9.17) is 0 Å². The zero-order valence-electron chi connectivity index (χ0n) is 7.44. The zero-order chi connectivity index (χ0) is 7.78. The second-order valence-electron chi connectivity index (χ2n) is 3.66. The largest absolute Gasteiger partial charge is 0.297 e. The summed E-state index contributed by atoms with van der Waals surface area (Å²) in [7, 11) is 2.19. The van der Waals surface area contributed by atoms with Gasteiger partial charge in [0.2, 0.25) is 0 Å². The van der Waals surface area contributed by atoms with Gasteiger partial charge in [0.25, 0.3) is 0 Å². The van der Waals surface area contributed by atoms with Crippen LogP contribution in [0, 0.1) is 0 Å². The van der Waals surface area contributed by atoms with Crippen LogP contribution in [0.25, 0.3) is 0 Å². The van der Waals surface area contributed by atoms with E-state index in [2.05, 4.69) is 38.8 Å². The fourth-order valence-corrected chi connectivity index (χ4v) is 1.31. The Morgan fingerprint density at radius 2 is 2.10 bits per heavy atom. The van der Waals surface area contributed by atoms with E-state index in [-0.39, 0.29) is 5.54 Å². The molecule has 10 heavy (non-hydrogen) atoms. The third-order valence-electron chi connectivity index (χ3n) is 2.83. The van der Waals surface area contributed by atoms with Crippen molar-refractivity contribution in [2.24, 2.45) is 0 Å². The summed E-state index contributed by atoms with van der Waals surface area (Å²) in [5.74, 6) is 0. The number of nitrogens with zero attached hydrogens (tertiary/aromatic N) is 1. The Hall–Kier alpha value is -0.300. The first kappa shape index (κ1) is 7.80. The maximum absolute atomic E-state index is 2.41. The number of hydrogen-bond acceptors (Lipinski definition) is 1. The molecule has 0 saturated heterocycles. The number of hydrogen-bond donors (Lipinski definition) is 0. The number of rotatable bonds is 0. The Kier molecular flexibility index (Phi) is 1.86. The van der Waals surface area contributed by atoms with Gasteiger partial charge >= 0.3 is 0 Å². The lowest BCUT2D eigenvalue weighted by Crippen LogP contribution is -2.44. The third kappa shape index (κ3) is 1.10. The lowest BCUT2D eigenvalue weighted by atomic mass is 9.90. The molecule has 0 aliphatic carbocycles. The van der Waals surface area contributed by atoms with E-state index >= 15 is 0 Å². The minimum absolute atomic E-state index is 0.290. The highest BCUT2D eigenvalue weighted by Crippen LogP contribution is 2.26. The third-order valence-corrected chi connectivity index (χ3v) is 2.83. The van der Waals surface area contributed by atoms with Gasteiger partial charge in [0.1, 0.15) is 0 Å². The zero-order valence-corrected chi connectivity index (χ0v) is 7.44. The maximum atomic E-state index is 2.41. The van der Waals surface area contributed by atoms with Gasteiger partial charge in [-0.15, -0.1) is 0 Å². The molecule has 0 radical (unpaired) electrons. The van der Waals surface area contributed by atoms with Crippen LogP contribution in [0.2, 0.25) is 0 Å². The van der Waals surface area contributed by atoms with Gasteiger partial charge in [-0.05, 0) is 34.2 Å². The molecule has 0 N–H and O–H groups in total. The van der Waals surface area contributed by atoms with Crippen molar-refractivity contribution < 1.29 is 0 Å². The van der Waals surface area contributed by atoms with E-state index < -0.39 is 0 Å². The fraction of sp³-hybridized carbons (Fsp3) is 0.778. The van der Waals surface area contributed by atoms with Crippen molar-refractivity contribution in [3.63, 3.8) is 0 Å². The van der Waals surface area contributed by atoms with Gasteiger partial charge in [0.15, 0.2) is 0 Å². The average Bonchev–Trinajstić information content (AvgIpc) is 1.84. The molecule has 0 unspecified atom stereocenters. The predicted octanol–water partition coefficient (Wildman–Crippen LogP) is 2.05. The molecule has 0 bridgehead atoms. The highest BCUT2D eigenvalue weighted by molar-refractivity contribution is 5.17. The van der Waals surface area contributed by atoms with Crippen molar-refractivity contribution in [1.82, 2.24) is 4.90 Å². The second kappa shape index (κ2) is 2.39. The van der Waals surface area contributed by atoms with Crippen LogP contribution in [-0.4, -0.2) is 24.0 Å². The summed E-state index contributed by atoms with van der Waals surface area (Å²) in [5, 5.41) is 0. The molecule has 1 heteroatoms. The Labute approximate surface area is 63.7 Å². The molecule has 0 fully saturated rings. The van der Waals surface area contributed by atoms with Gasteiger partial charge in [-0.2, -0.15) is 0 Å². The monoisotopic (exact) mass is 139 g/mol. The predicted molar refractivity (Wildman–Crippen MR) is 45.1 cm³/mol. The molecule has 1 heterocycles. The Morgan fingerprint density at radius 1 is 1.50 bits per heavy atom.